The molecule has 1 aromatic rings. The fraction of sp³-hybridized carbons (Fsp3) is 0.467. The van der Waals surface area contributed by atoms with E-state index < -0.39 is 10.9 Å². The molecule has 1 atom stereocenters. The summed E-state index contributed by atoms with van der Waals surface area (Å²) >= 11 is 0. The molecule has 124 valence electrons. The van der Waals surface area contributed by atoms with Crippen molar-refractivity contribution in [3.8, 4) is 0 Å². The lowest BCUT2D eigenvalue weighted by atomic mass is 9.96. The van der Waals surface area contributed by atoms with E-state index in [-0.39, 0.29) is 23.6 Å². The molecule has 1 aliphatic heterocycles. The number of carbonyl (C=O) groups is 2. The Hall–Kier alpha value is -2.48. The monoisotopic (exact) mass is 321 g/mol. The zero-order valence-corrected chi connectivity index (χ0v) is 12.8. The van der Waals surface area contributed by atoms with E-state index in [0.29, 0.717) is 31.6 Å². The number of carbonyl (C=O) groups excluding carboxylic acids is 1. The van der Waals surface area contributed by atoms with E-state index >= 15 is 0 Å². The Morgan fingerprint density at radius 2 is 1.87 bits per heavy atom. The van der Waals surface area contributed by atoms with Gasteiger partial charge in [-0.25, -0.2) is 0 Å². The lowest BCUT2D eigenvalue weighted by molar-refractivity contribution is -0.384. The molecular formula is C15H19N3O5. The van der Waals surface area contributed by atoms with Crippen molar-refractivity contribution in [1.82, 2.24) is 4.90 Å². The zero-order chi connectivity index (χ0) is 17.0. The molecule has 23 heavy (non-hydrogen) atoms. The van der Waals surface area contributed by atoms with Crippen LogP contribution in [0, 0.1) is 16.0 Å². The number of nitrogens with zero attached hydrogens (tertiary/aromatic N) is 2. The highest BCUT2D eigenvalue weighted by Crippen LogP contribution is 2.20. The van der Waals surface area contributed by atoms with Crippen molar-refractivity contribution in [3.63, 3.8) is 0 Å². The summed E-state index contributed by atoms with van der Waals surface area (Å²) in [6.45, 7) is 2.89. The fourth-order valence-corrected chi connectivity index (χ4v) is 2.61. The van der Waals surface area contributed by atoms with Crippen LogP contribution in [0.1, 0.15) is 19.8 Å². The van der Waals surface area contributed by atoms with Gasteiger partial charge in [-0.3, -0.25) is 24.6 Å². The summed E-state index contributed by atoms with van der Waals surface area (Å²) in [5, 5.41) is 22.3. The van der Waals surface area contributed by atoms with E-state index in [2.05, 4.69) is 5.32 Å². The van der Waals surface area contributed by atoms with Crippen molar-refractivity contribution >= 4 is 23.3 Å². The van der Waals surface area contributed by atoms with Gasteiger partial charge in [0.25, 0.3) is 5.69 Å². The first-order valence-corrected chi connectivity index (χ1v) is 7.40. The van der Waals surface area contributed by atoms with Crippen LogP contribution in [-0.2, 0) is 9.59 Å². The normalized spacial score (nSPS) is 17.4. The van der Waals surface area contributed by atoms with E-state index in [0.717, 1.165) is 0 Å². The Bertz CT molecular complexity index is 594. The Labute approximate surface area is 133 Å². The maximum absolute atomic E-state index is 12.2. The summed E-state index contributed by atoms with van der Waals surface area (Å²) in [5.74, 6) is -1.34. The molecule has 1 fully saturated rings. The SMILES string of the molecule is CC(C(=O)Nc1ccc([N+](=O)[O-])cc1)N1CCC(C(=O)O)CC1. The molecule has 2 rings (SSSR count). The number of nitro benzene ring substituents is 1. The van der Waals surface area contributed by atoms with E-state index in [4.69, 9.17) is 5.11 Å². The standard InChI is InChI=1S/C15H19N3O5/c1-10(17-8-6-11(7-9-17)15(20)21)14(19)16-12-2-4-13(5-3-12)18(22)23/h2-5,10-11H,6-9H2,1H3,(H,16,19)(H,20,21). The Kier molecular flexibility index (Phi) is 5.28. The number of benzene rings is 1. The molecule has 1 heterocycles. The van der Waals surface area contributed by atoms with Gasteiger partial charge in [0.2, 0.25) is 5.91 Å². The summed E-state index contributed by atoms with van der Waals surface area (Å²) in [6.07, 6.45) is 1.06. The molecule has 0 aliphatic carbocycles. The van der Waals surface area contributed by atoms with E-state index in [1.54, 1.807) is 6.92 Å². The van der Waals surface area contributed by atoms with Crippen molar-refractivity contribution < 1.29 is 19.6 Å². The van der Waals surface area contributed by atoms with Gasteiger partial charge in [-0.1, -0.05) is 0 Å². The van der Waals surface area contributed by atoms with Crippen LogP contribution >= 0.6 is 0 Å². The summed E-state index contributed by atoms with van der Waals surface area (Å²) in [7, 11) is 0. The first kappa shape index (κ1) is 16.9. The van der Waals surface area contributed by atoms with Crippen LogP contribution < -0.4 is 5.32 Å². The minimum atomic E-state index is -0.785. The topological polar surface area (TPSA) is 113 Å². The van der Waals surface area contributed by atoms with Crippen molar-refractivity contribution in [2.24, 2.45) is 5.92 Å². The van der Waals surface area contributed by atoms with E-state index in [9.17, 15) is 19.7 Å². The first-order valence-electron chi connectivity index (χ1n) is 7.40. The lowest BCUT2D eigenvalue weighted by Gasteiger charge is -2.33. The molecule has 1 saturated heterocycles. The molecule has 0 spiro atoms. The van der Waals surface area contributed by atoms with Crippen LogP contribution in [-0.4, -0.2) is 45.9 Å². The summed E-state index contributed by atoms with van der Waals surface area (Å²) in [6, 6.07) is 5.25. The van der Waals surface area contributed by atoms with Crippen LogP contribution in [0.4, 0.5) is 11.4 Å². The molecule has 2 N–H and O–H groups in total. The summed E-state index contributed by atoms with van der Waals surface area (Å²) < 4.78 is 0. The minimum Gasteiger partial charge on any atom is -0.481 e. The molecule has 1 aliphatic rings. The number of carboxylic acids is 1. The zero-order valence-electron chi connectivity index (χ0n) is 12.8. The quantitative estimate of drug-likeness (QED) is 0.630. The molecule has 8 heteroatoms. The van der Waals surface area contributed by atoms with Crippen LogP contribution in [0.25, 0.3) is 0 Å². The number of hydrogen-bond donors (Lipinski definition) is 2. The number of nitro groups is 1. The minimum absolute atomic E-state index is 0.0354. The molecule has 8 nitrogen and oxygen atoms in total. The predicted octanol–water partition coefficient (Wildman–Crippen LogP) is 1.72. The average Bonchev–Trinajstić information content (AvgIpc) is 2.54. The molecule has 0 saturated carbocycles. The van der Waals surface area contributed by atoms with Gasteiger partial charge in [0.1, 0.15) is 0 Å². The van der Waals surface area contributed by atoms with Crippen molar-refractivity contribution in [3.05, 3.63) is 34.4 Å². The maximum atomic E-state index is 12.2. The largest absolute Gasteiger partial charge is 0.481 e. The Morgan fingerprint density at radius 3 is 2.35 bits per heavy atom. The second-order valence-corrected chi connectivity index (χ2v) is 5.62. The van der Waals surface area contributed by atoms with Gasteiger partial charge in [0.05, 0.1) is 16.9 Å². The van der Waals surface area contributed by atoms with Crippen LogP contribution in [0.15, 0.2) is 24.3 Å². The molecule has 0 bridgehead atoms. The van der Waals surface area contributed by atoms with Crippen molar-refractivity contribution in [1.29, 1.82) is 0 Å². The number of carboxylic acid groups (broad SMARTS) is 1. The number of aliphatic carboxylic acids is 1. The molecule has 0 radical (unpaired) electrons. The van der Waals surface area contributed by atoms with Gasteiger partial charge in [-0.2, -0.15) is 0 Å². The number of anilines is 1. The highest BCUT2D eigenvalue weighted by atomic mass is 16.6. The van der Waals surface area contributed by atoms with Crippen LogP contribution in [0.3, 0.4) is 0 Å². The van der Waals surface area contributed by atoms with Gasteiger partial charge in [0, 0.05) is 17.8 Å². The van der Waals surface area contributed by atoms with Crippen molar-refractivity contribution in [2.45, 2.75) is 25.8 Å². The van der Waals surface area contributed by atoms with Crippen LogP contribution in [0.2, 0.25) is 0 Å². The summed E-state index contributed by atoms with van der Waals surface area (Å²) in [4.78, 5) is 35.2. The number of piperidine rings is 1. The number of hydrogen-bond acceptors (Lipinski definition) is 5. The number of non-ortho nitro benzene ring substituents is 1. The highest BCUT2D eigenvalue weighted by Gasteiger charge is 2.29. The predicted molar refractivity (Wildman–Crippen MR) is 83.1 cm³/mol. The second-order valence-electron chi connectivity index (χ2n) is 5.62. The molecule has 1 aromatic carbocycles. The lowest BCUT2D eigenvalue weighted by Crippen LogP contribution is -2.46. The average molecular weight is 321 g/mol. The smallest absolute Gasteiger partial charge is 0.306 e. The third kappa shape index (κ3) is 4.26. The second kappa shape index (κ2) is 7.19. The molecule has 1 unspecified atom stereocenters. The third-order valence-corrected chi connectivity index (χ3v) is 4.15. The Morgan fingerprint density at radius 1 is 1.30 bits per heavy atom. The summed E-state index contributed by atoms with van der Waals surface area (Å²) in [5.41, 5.74) is 0.458. The van der Waals surface area contributed by atoms with Gasteiger partial charge in [0.15, 0.2) is 0 Å². The number of likely N-dealkylation sites (tertiary alicyclic amines) is 1. The number of nitrogens with one attached hydrogen (secondary N) is 1. The maximum Gasteiger partial charge on any atom is 0.306 e. The van der Waals surface area contributed by atoms with Crippen LogP contribution in [0.5, 0.6) is 0 Å². The van der Waals surface area contributed by atoms with Gasteiger partial charge in [-0.05, 0) is 45.0 Å². The molecule has 0 aromatic heterocycles. The number of rotatable bonds is 5. The highest BCUT2D eigenvalue weighted by molar-refractivity contribution is 5.94. The van der Waals surface area contributed by atoms with Gasteiger partial charge < -0.3 is 10.4 Å². The number of amides is 1. The molecular weight excluding hydrogens is 302 g/mol. The van der Waals surface area contributed by atoms with E-state index in [1.807, 2.05) is 4.90 Å². The molecule has 1 amide bonds. The van der Waals surface area contributed by atoms with E-state index in [1.165, 1.54) is 24.3 Å². The van der Waals surface area contributed by atoms with Crippen molar-refractivity contribution in [2.75, 3.05) is 18.4 Å². The van der Waals surface area contributed by atoms with Gasteiger partial charge in [-0.15, -0.1) is 0 Å². The Balaban J connectivity index is 1.90. The third-order valence-electron chi connectivity index (χ3n) is 4.15. The van der Waals surface area contributed by atoms with Gasteiger partial charge >= 0.3 is 5.97 Å². The fourth-order valence-electron chi connectivity index (χ4n) is 2.61. The first-order chi connectivity index (χ1) is 10.9.